The fraction of sp³-hybridized carbons (Fsp3) is 0.0811. The minimum atomic E-state index is -0.106. The van der Waals surface area contributed by atoms with Crippen molar-refractivity contribution in [3.63, 3.8) is 0 Å². The zero-order chi connectivity index (χ0) is 55.8. The molecule has 0 unspecified atom stereocenters. The molecule has 11 aromatic rings. The van der Waals surface area contributed by atoms with Crippen molar-refractivity contribution in [2.24, 2.45) is 0 Å². The number of aromatic nitrogens is 1. The maximum absolute atomic E-state index is 5.43. The number of hydrogen-bond donors (Lipinski definition) is 0. The molecular weight excluding hydrogens is 1140 g/mol. The Bertz CT molecular complexity index is 3120. The summed E-state index contributed by atoms with van der Waals surface area (Å²) in [5.41, 5.74) is 19.8. The Morgan fingerprint density at radius 1 is 0.333 bits per heavy atom. The second-order valence-electron chi connectivity index (χ2n) is 20.0. The van der Waals surface area contributed by atoms with Crippen LogP contribution in [-0.4, -0.2) is 4.98 Å². The molecule has 0 saturated heterocycles. The van der Waals surface area contributed by atoms with Gasteiger partial charge in [0.1, 0.15) is 5.15 Å². The molecule has 81 heavy (non-hydrogen) atoms. The van der Waals surface area contributed by atoms with Gasteiger partial charge in [0, 0.05) is 41.2 Å². The zero-order valence-electron chi connectivity index (χ0n) is 45.0. The Morgan fingerprint density at radius 3 is 0.716 bits per heavy atom. The van der Waals surface area contributed by atoms with E-state index in [-0.39, 0.29) is 39.6 Å². The van der Waals surface area contributed by atoms with Crippen molar-refractivity contribution in [2.45, 2.75) is 37.5 Å². The van der Waals surface area contributed by atoms with Gasteiger partial charge in [-0.05, 0) is 105 Å². The van der Waals surface area contributed by atoms with E-state index < -0.39 is 0 Å². The molecule has 0 amide bonds. The summed E-state index contributed by atoms with van der Waals surface area (Å²) in [5.74, 6) is -0.220. The minimum absolute atomic E-state index is 0.0549. The van der Waals surface area contributed by atoms with Crippen LogP contribution in [0.1, 0.15) is 102 Å². The number of benzene rings is 10. The van der Waals surface area contributed by atoms with Gasteiger partial charge >= 0.3 is 35.0 Å². The average Bonchev–Trinajstić information content (AvgIpc) is 4.14. The molecule has 12 rings (SSSR count). The average molecular weight is 1210 g/mol. The first-order valence-corrected chi connectivity index (χ1v) is 31.5. The van der Waals surface area contributed by atoms with E-state index in [0.717, 1.165) is 0 Å². The number of rotatable bonds is 14. The van der Waals surface area contributed by atoms with Gasteiger partial charge in [-0.1, -0.05) is 296 Å². The molecule has 0 fully saturated rings. The summed E-state index contributed by atoms with van der Waals surface area (Å²) < 4.78 is 0. The SMILES string of the molecule is Cc1cc(C(c2ccccc2)c2ccccc2)c(N2C=CN(c3c(C(c4ccccc4)c4ccccc4)cc(C)cc3C(c3ccccc3)c3ccccc3)[CH-]2)c(C(c2ccccc2)c2ccccc2)c1.Clc1ccccn1.[Cl][Pd][Cl]. The Labute approximate surface area is 499 Å². The topological polar surface area (TPSA) is 19.4 Å². The monoisotopic (exact) mass is 1200 g/mol. The van der Waals surface area contributed by atoms with Crippen molar-refractivity contribution in [1.82, 2.24) is 4.98 Å². The molecule has 3 nitrogen and oxygen atoms in total. The summed E-state index contributed by atoms with van der Waals surface area (Å²) in [6.07, 6.45) is 6.25. The molecule has 404 valence electrons. The van der Waals surface area contributed by atoms with Gasteiger partial charge in [-0.3, -0.25) is 0 Å². The third-order valence-corrected chi connectivity index (χ3v) is 14.9. The Balaban J connectivity index is 0.000000673. The number of nitrogens with zero attached hydrogens (tertiary/aromatic N) is 3. The van der Waals surface area contributed by atoms with Crippen LogP contribution in [0.5, 0.6) is 0 Å². The van der Waals surface area contributed by atoms with Gasteiger partial charge in [0.15, 0.2) is 0 Å². The molecule has 0 N–H and O–H groups in total. The second kappa shape index (κ2) is 28.1. The van der Waals surface area contributed by atoms with Gasteiger partial charge in [0.2, 0.25) is 0 Å². The fourth-order valence-electron chi connectivity index (χ4n) is 11.5. The molecule has 1 aliphatic rings. The third-order valence-electron chi connectivity index (χ3n) is 14.7. The predicted octanol–water partition coefficient (Wildman–Crippen LogP) is 20.1. The number of hydrogen-bond acceptors (Lipinski definition) is 3. The maximum atomic E-state index is 5.43. The van der Waals surface area contributed by atoms with Gasteiger partial charge in [-0.15, -0.1) is 6.67 Å². The van der Waals surface area contributed by atoms with E-state index in [4.69, 9.17) is 30.7 Å². The summed E-state index contributed by atoms with van der Waals surface area (Å²) in [5, 5.41) is 0.544. The van der Waals surface area contributed by atoms with E-state index in [1.54, 1.807) is 12.3 Å². The van der Waals surface area contributed by atoms with Crippen LogP contribution < -0.4 is 9.80 Å². The van der Waals surface area contributed by atoms with Gasteiger partial charge < -0.3 is 9.80 Å². The zero-order valence-corrected chi connectivity index (χ0v) is 48.9. The normalized spacial score (nSPS) is 11.9. The van der Waals surface area contributed by atoms with Crippen LogP contribution in [0.2, 0.25) is 5.15 Å². The van der Waals surface area contributed by atoms with Gasteiger partial charge in [-0.25, -0.2) is 4.98 Å². The molecule has 0 atom stereocenters. The van der Waals surface area contributed by atoms with Crippen molar-refractivity contribution < 1.29 is 15.9 Å². The van der Waals surface area contributed by atoms with Gasteiger partial charge in [-0.2, -0.15) is 0 Å². The quantitative estimate of drug-likeness (QED) is 0.0468. The summed E-state index contributed by atoms with van der Waals surface area (Å²) >= 11 is 5.32. The second-order valence-corrected chi connectivity index (χ2v) is 22.8. The first kappa shape index (κ1) is 56.5. The van der Waals surface area contributed by atoms with Crippen molar-refractivity contribution in [3.05, 3.63) is 393 Å². The molecule has 7 heteroatoms. The molecule has 0 radical (unpaired) electrons. The van der Waals surface area contributed by atoms with E-state index in [2.05, 4.69) is 315 Å². The molecule has 2 heterocycles. The van der Waals surface area contributed by atoms with Gasteiger partial charge in [0.05, 0.1) is 0 Å². The van der Waals surface area contributed by atoms with E-state index in [9.17, 15) is 0 Å². The van der Waals surface area contributed by atoms with E-state index in [0.29, 0.717) is 5.15 Å². The summed E-state index contributed by atoms with van der Waals surface area (Å²) in [6.45, 7) is 6.88. The summed E-state index contributed by atoms with van der Waals surface area (Å²) in [7, 11) is 9.63. The number of anilines is 2. The van der Waals surface area contributed by atoms with Crippen LogP contribution in [0.15, 0.2) is 304 Å². The first-order chi connectivity index (χ1) is 39.9. The van der Waals surface area contributed by atoms with Gasteiger partial charge in [0.25, 0.3) is 0 Å². The molecule has 0 aliphatic carbocycles. The number of halogens is 3. The van der Waals surface area contributed by atoms with E-state index in [1.165, 1.54) is 89.3 Å². The van der Waals surface area contributed by atoms with Crippen molar-refractivity contribution in [3.8, 4) is 0 Å². The molecule has 0 saturated carbocycles. The molecule has 1 aromatic heterocycles. The number of pyridine rings is 1. The van der Waals surface area contributed by atoms with Crippen LogP contribution in [0, 0.1) is 20.5 Å². The molecular formula is C74H61Cl3N3Pd-. The molecule has 0 bridgehead atoms. The first-order valence-electron chi connectivity index (χ1n) is 27.1. The van der Waals surface area contributed by atoms with Crippen LogP contribution in [0.4, 0.5) is 11.4 Å². The third kappa shape index (κ3) is 13.7. The van der Waals surface area contributed by atoms with Crippen molar-refractivity contribution >= 4 is 42.0 Å². The summed E-state index contributed by atoms with van der Waals surface area (Å²) in [6, 6.07) is 104. The predicted molar refractivity (Wildman–Crippen MR) is 337 cm³/mol. The molecule has 1 aliphatic heterocycles. The standard InChI is InChI=1S/C69H57N2.C5H4ClN.2ClH.Pd/c1-50-45-60(64(52-27-11-3-12-28-52)53-29-13-4-14-30-53)68(61(46-50)65(54-31-15-5-16-32-54)55-33-17-6-18-34-55)70-43-44-71(49-70)69-62(66(56-35-19-7-20-36-56)57-37-21-8-22-38-57)47-51(2)48-63(69)67(58-39-23-9-24-40-58)59-41-25-10-26-42-59;6-5-3-1-2-4-7-5;;;/h3-49,64-67H,1-2H3;1-4H;2*1H;/q-1;;;;+2/p-2. The van der Waals surface area contributed by atoms with Crippen molar-refractivity contribution in [2.75, 3.05) is 9.80 Å². The van der Waals surface area contributed by atoms with Crippen LogP contribution in [0.3, 0.4) is 0 Å². The van der Waals surface area contributed by atoms with Crippen LogP contribution in [0.25, 0.3) is 0 Å². The van der Waals surface area contributed by atoms with E-state index >= 15 is 0 Å². The molecule has 0 spiro atoms. The Kier molecular flexibility index (Phi) is 19.6. The number of aryl methyl sites for hydroxylation is 2. The summed E-state index contributed by atoms with van der Waals surface area (Å²) in [4.78, 5) is 8.60. The van der Waals surface area contributed by atoms with Crippen LogP contribution in [-0.2, 0) is 15.9 Å². The van der Waals surface area contributed by atoms with Crippen LogP contribution >= 0.6 is 30.7 Å². The Hall–Kier alpha value is -7.78. The molecule has 10 aromatic carbocycles. The Morgan fingerprint density at radius 2 is 0.543 bits per heavy atom. The van der Waals surface area contributed by atoms with Crippen molar-refractivity contribution in [1.29, 1.82) is 0 Å². The van der Waals surface area contributed by atoms with E-state index in [1.807, 2.05) is 12.1 Å². The fourth-order valence-corrected chi connectivity index (χ4v) is 11.6.